The average molecular weight is 240 g/mol. The Morgan fingerprint density at radius 1 is 1.41 bits per heavy atom. The first-order valence-corrected chi connectivity index (χ1v) is 6.30. The molecule has 2 atom stereocenters. The van der Waals surface area contributed by atoms with Crippen LogP contribution in [0.4, 0.5) is 4.79 Å². The van der Waals surface area contributed by atoms with Crippen LogP contribution in [-0.4, -0.2) is 23.8 Å². The van der Waals surface area contributed by atoms with Gasteiger partial charge in [-0.1, -0.05) is 18.6 Å². The average Bonchev–Trinajstić information content (AvgIpc) is 2.15. The highest BCUT2D eigenvalue weighted by Crippen LogP contribution is 2.12. The second kappa shape index (κ2) is 6.05. The smallest absolute Gasteiger partial charge is 0.408 e. The number of nitrogens with one attached hydrogen (secondary N) is 1. The molecule has 4 nitrogen and oxygen atoms in total. The number of carbonyl (C=O) groups excluding carboxylic acids is 1. The van der Waals surface area contributed by atoms with E-state index in [0.717, 1.165) is 19.3 Å². The number of ether oxygens (including phenoxy) is 1. The lowest BCUT2D eigenvalue weighted by Crippen LogP contribution is -2.48. The Morgan fingerprint density at radius 2 is 2.12 bits per heavy atom. The molecule has 17 heavy (non-hydrogen) atoms. The van der Waals surface area contributed by atoms with E-state index in [-0.39, 0.29) is 12.1 Å². The van der Waals surface area contributed by atoms with Crippen LogP contribution in [0.2, 0.25) is 0 Å². The van der Waals surface area contributed by atoms with Crippen LogP contribution in [0.5, 0.6) is 0 Å². The Bertz CT molecular complexity index is 282. The lowest BCUT2D eigenvalue weighted by molar-refractivity contribution is 0.0507. The molecule has 1 aliphatic carbocycles. The summed E-state index contributed by atoms with van der Waals surface area (Å²) >= 11 is 0. The maximum atomic E-state index is 11.6. The molecule has 0 aromatic heterocycles. The minimum absolute atomic E-state index is 0.0286. The Morgan fingerprint density at radius 3 is 2.76 bits per heavy atom. The number of carbonyl (C=O) groups is 1. The predicted octanol–water partition coefficient (Wildman–Crippen LogP) is 2.34. The quantitative estimate of drug-likeness (QED) is 0.691. The van der Waals surface area contributed by atoms with Gasteiger partial charge in [-0.05, 0) is 40.0 Å². The van der Waals surface area contributed by atoms with Gasteiger partial charge in [0, 0.05) is 6.04 Å². The third kappa shape index (κ3) is 5.73. The van der Waals surface area contributed by atoms with Gasteiger partial charge in [0.1, 0.15) is 5.60 Å². The van der Waals surface area contributed by atoms with Crippen molar-refractivity contribution in [3.05, 3.63) is 12.2 Å². The minimum atomic E-state index is -0.473. The van der Waals surface area contributed by atoms with E-state index in [1.54, 1.807) is 0 Å². The molecule has 0 spiro atoms. The standard InChI is InChI=1S/C13H24N2O2/c1-13(2,3)17-12(16)15-11-9-7-5-4-6-8-10(11)14/h7,9-11H,4-6,8,14H2,1-3H3,(H,15,16)/b9-7+/t10-,11?/m1/s1. The highest BCUT2D eigenvalue weighted by Gasteiger charge is 2.22. The third-order valence-electron chi connectivity index (χ3n) is 2.65. The molecule has 0 heterocycles. The van der Waals surface area contributed by atoms with Crippen molar-refractivity contribution in [3.63, 3.8) is 0 Å². The molecule has 3 N–H and O–H groups in total. The van der Waals surface area contributed by atoms with Gasteiger partial charge in [-0.2, -0.15) is 0 Å². The number of amides is 1. The molecule has 0 aromatic carbocycles. The molecule has 0 bridgehead atoms. The predicted molar refractivity (Wildman–Crippen MR) is 68.7 cm³/mol. The largest absolute Gasteiger partial charge is 0.444 e. The maximum absolute atomic E-state index is 11.6. The lowest BCUT2D eigenvalue weighted by atomic mass is 9.98. The summed E-state index contributed by atoms with van der Waals surface area (Å²) in [6.07, 6.45) is 7.93. The van der Waals surface area contributed by atoms with Crippen molar-refractivity contribution in [1.82, 2.24) is 5.32 Å². The monoisotopic (exact) mass is 240 g/mol. The zero-order valence-corrected chi connectivity index (χ0v) is 11.0. The normalized spacial score (nSPS) is 27.8. The molecule has 0 saturated carbocycles. The molecule has 4 heteroatoms. The Labute approximate surface area is 104 Å². The van der Waals surface area contributed by atoms with Crippen molar-refractivity contribution in [2.75, 3.05) is 0 Å². The van der Waals surface area contributed by atoms with Crippen molar-refractivity contribution in [2.24, 2.45) is 5.73 Å². The molecule has 0 saturated heterocycles. The Balaban J connectivity index is 2.52. The van der Waals surface area contributed by atoms with Gasteiger partial charge >= 0.3 is 6.09 Å². The van der Waals surface area contributed by atoms with E-state index in [1.165, 1.54) is 6.42 Å². The van der Waals surface area contributed by atoms with Gasteiger partial charge in [0.15, 0.2) is 0 Å². The van der Waals surface area contributed by atoms with Crippen LogP contribution in [0, 0.1) is 0 Å². The molecule has 0 radical (unpaired) electrons. The zero-order valence-electron chi connectivity index (χ0n) is 11.0. The third-order valence-corrected chi connectivity index (χ3v) is 2.65. The van der Waals surface area contributed by atoms with Crippen molar-refractivity contribution in [3.8, 4) is 0 Å². The first-order chi connectivity index (χ1) is 7.88. The summed E-state index contributed by atoms with van der Waals surface area (Å²) in [7, 11) is 0. The van der Waals surface area contributed by atoms with E-state index < -0.39 is 11.7 Å². The van der Waals surface area contributed by atoms with E-state index in [4.69, 9.17) is 10.5 Å². The number of hydrogen-bond acceptors (Lipinski definition) is 3. The van der Waals surface area contributed by atoms with Crippen LogP contribution in [0.3, 0.4) is 0 Å². The van der Waals surface area contributed by atoms with Crippen LogP contribution in [0.1, 0.15) is 46.5 Å². The fraction of sp³-hybridized carbons (Fsp3) is 0.769. The van der Waals surface area contributed by atoms with Gasteiger partial charge in [0.25, 0.3) is 0 Å². The topological polar surface area (TPSA) is 64.3 Å². The molecule has 0 aromatic rings. The van der Waals surface area contributed by atoms with E-state index in [1.807, 2.05) is 26.8 Å². The second-order valence-corrected chi connectivity index (χ2v) is 5.55. The first-order valence-electron chi connectivity index (χ1n) is 6.30. The highest BCUT2D eigenvalue weighted by atomic mass is 16.6. The van der Waals surface area contributed by atoms with Gasteiger partial charge in [0.05, 0.1) is 6.04 Å². The fourth-order valence-corrected chi connectivity index (χ4v) is 1.81. The van der Waals surface area contributed by atoms with Gasteiger partial charge in [-0.25, -0.2) is 4.79 Å². The number of nitrogens with two attached hydrogens (primary N) is 1. The van der Waals surface area contributed by atoms with Crippen LogP contribution >= 0.6 is 0 Å². The summed E-state index contributed by atoms with van der Waals surface area (Å²) in [5.74, 6) is 0. The van der Waals surface area contributed by atoms with Crippen LogP contribution < -0.4 is 11.1 Å². The van der Waals surface area contributed by atoms with Crippen LogP contribution in [0.25, 0.3) is 0 Å². The van der Waals surface area contributed by atoms with Crippen LogP contribution in [0.15, 0.2) is 12.2 Å². The van der Waals surface area contributed by atoms with Gasteiger partial charge < -0.3 is 15.8 Å². The molecule has 1 rings (SSSR count). The molecule has 1 amide bonds. The number of allylic oxidation sites excluding steroid dienone is 1. The first kappa shape index (κ1) is 14.0. The summed E-state index contributed by atoms with van der Waals surface area (Å²) in [5.41, 5.74) is 5.57. The van der Waals surface area contributed by atoms with Crippen LogP contribution in [-0.2, 0) is 4.74 Å². The van der Waals surface area contributed by atoms with E-state index in [9.17, 15) is 4.79 Å². The van der Waals surface area contributed by atoms with E-state index >= 15 is 0 Å². The molecule has 1 unspecified atom stereocenters. The Hall–Kier alpha value is -1.03. The zero-order chi connectivity index (χ0) is 12.9. The lowest BCUT2D eigenvalue weighted by Gasteiger charge is -2.26. The summed E-state index contributed by atoms with van der Waals surface area (Å²) in [6.45, 7) is 5.54. The van der Waals surface area contributed by atoms with Gasteiger partial charge in [0.2, 0.25) is 0 Å². The fourth-order valence-electron chi connectivity index (χ4n) is 1.81. The SMILES string of the molecule is CC(C)(C)OC(=O)NC1/C=C/CCCC[C@H]1N. The van der Waals surface area contributed by atoms with Gasteiger partial charge in [-0.3, -0.25) is 0 Å². The summed E-state index contributed by atoms with van der Waals surface area (Å²) in [4.78, 5) is 11.6. The summed E-state index contributed by atoms with van der Waals surface area (Å²) < 4.78 is 5.22. The molecular formula is C13H24N2O2. The van der Waals surface area contributed by atoms with E-state index in [0.29, 0.717) is 0 Å². The Kier molecular flexibility index (Phi) is 5.00. The number of alkyl carbamates (subject to hydrolysis) is 1. The summed E-state index contributed by atoms with van der Waals surface area (Å²) in [6, 6.07) is -0.149. The minimum Gasteiger partial charge on any atom is -0.444 e. The van der Waals surface area contributed by atoms with Crippen molar-refractivity contribution in [2.45, 2.75) is 64.1 Å². The molecule has 0 aliphatic heterocycles. The van der Waals surface area contributed by atoms with Crippen molar-refractivity contribution in [1.29, 1.82) is 0 Å². The molecule has 1 aliphatic rings. The molecule has 98 valence electrons. The molecular weight excluding hydrogens is 216 g/mol. The van der Waals surface area contributed by atoms with Gasteiger partial charge in [-0.15, -0.1) is 0 Å². The van der Waals surface area contributed by atoms with Crippen molar-refractivity contribution < 1.29 is 9.53 Å². The maximum Gasteiger partial charge on any atom is 0.408 e. The highest BCUT2D eigenvalue weighted by molar-refractivity contribution is 5.68. The second-order valence-electron chi connectivity index (χ2n) is 5.55. The number of hydrogen-bond donors (Lipinski definition) is 2. The molecule has 0 fully saturated rings. The van der Waals surface area contributed by atoms with E-state index in [2.05, 4.69) is 11.4 Å². The number of rotatable bonds is 1. The summed E-state index contributed by atoms with van der Waals surface area (Å²) in [5, 5.41) is 2.82. The van der Waals surface area contributed by atoms with Crippen molar-refractivity contribution >= 4 is 6.09 Å².